The van der Waals surface area contributed by atoms with Gasteiger partial charge in [0.05, 0.1) is 11.2 Å². The van der Waals surface area contributed by atoms with Crippen LogP contribution in [0.4, 0.5) is 0 Å². The van der Waals surface area contributed by atoms with E-state index < -0.39 is 5.60 Å². The fourth-order valence-corrected chi connectivity index (χ4v) is 5.49. The summed E-state index contributed by atoms with van der Waals surface area (Å²) in [6.07, 6.45) is 9.09. The third-order valence-electron chi connectivity index (χ3n) is 5.57. The van der Waals surface area contributed by atoms with Crippen LogP contribution in [0.1, 0.15) is 51.4 Å². The van der Waals surface area contributed by atoms with Gasteiger partial charge in [0, 0.05) is 19.2 Å². The first-order chi connectivity index (χ1) is 9.61. The summed E-state index contributed by atoms with van der Waals surface area (Å²) in [5.41, 5.74) is -0.261. The summed E-state index contributed by atoms with van der Waals surface area (Å²) in [6, 6.07) is 0.594. The molecule has 2 aliphatic heterocycles. The van der Waals surface area contributed by atoms with E-state index in [1.54, 1.807) is 0 Å². The van der Waals surface area contributed by atoms with Crippen molar-refractivity contribution in [3.8, 4) is 0 Å². The van der Waals surface area contributed by atoms with Gasteiger partial charge in [-0.15, -0.1) is 0 Å². The highest BCUT2D eigenvalue weighted by atomic mass is 32.2. The molecule has 2 saturated heterocycles. The molecule has 1 saturated carbocycles. The van der Waals surface area contributed by atoms with Crippen molar-refractivity contribution in [3.05, 3.63) is 0 Å². The molecule has 0 bridgehead atoms. The summed E-state index contributed by atoms with van der Waals surface area (Å²) < 4.78 is 6.18. The summed E-state index contributed by atoms with van der Waals surface area (Å²) >= 11 is 2.06. The Kier molecular flexibility index (Phi) is 4.66. The van der Waals surface area contributed by atoms with Crippen LogP contribution in [0.3, 0.4) is 0 Å². The van der Waals surface area contributed by atoms with Crippen LogP contribution in [0.15, 0.2) is 0 Å². The molecule has 2 heterocycles. The first-order valence-corrected chi connectivity index (χ1v) is 9.41. The molecule has 1 N–H and O–H groups in total. The van der Waals surface area contributed by atoms with Gasteiger partial charge in [0.15, 0.2) is 0 Å². The van der Waals surface area contributed by atoms with E-state index in [1.165, 1.54) is 43.6 Å². The average molecular weight is 299 g/mol. The first-order valence-electron chi connectivity index (χ1n) is 8.25. The number of likely N-dealkylation sites (N-methyl/N-ethyl adjacent to an activating group) is 1. The molecule has 1 aliphatic carbocycles. The van der Waals surface area contributed by atoms with Gasteiger partial charge in [-0.05, 0) is 57.1 Å². The Labute approximate surface area is 127 Å². The Morgan fingerprint density at radius 1 is 1.20 bits per heavy atom. The number of thioether (sulfide) groups is 1. The third-order valence-corrected chi connectivity index (χ3v) is 6.56. The Hall–Kier alpha value is 0.230. The Balaban J connectivity index is 1.58. The van der Waals surface area contributed by atoms with Gasteiger partial charge in [-0.3, -0.25) is 0 Å². The molecular formula is C16H29NO2S. The zero-order valence-electron chi connectivity index (χ0n) is 12.8. The van der Waals surface area contributed by atoms with Crippen molar-refractivity contribution in [2.75, 3.05) is 31.7 Å². The van der Waals surface area contributed by atoms with E-state index in [0.29, 0.717) is 6.04 Å². The van der Waals surface area contributed by atoms with Crippen molar-refractivity contribution in [1.82, 2.24) is 4.90 Å². The van der Waals surface area contributed by atoms with Crippen LogP contribution in [-0.4, -0.2) is 59.0 Å². The number of hydrogen-bond donors (Lipinski definition) is 1. The van der Waals surface area contributed by atoms with Crippen LogP contribution in [0, 0.1) is 0 Å². The molecule has 1 spiro atoms. The number of aliphatic hydroxyl groups is 1. The predicted molar refractivity (Wildman–Crippen MR) is 84.3 cm³/mol. The summed E-state index contributed by atoms with van der Waals surface area (Å²) in [5, 5.41) is 10.6. The predicted octanol–water partition coefficient (Wildman–Crippen LogP) is 2.67. The summed E-state index contributed by atoms with van der Waals surface area (Å²) in [4.78, 5) is 2.43. The minimum Gasteiger partial charge on any atom is -0.389 e. The van der Waals surface area contributed by atoms with Crippen molar-refractivity contribution in [2.45, 2.75) is 68.6 Å². The van der Waals surface area contributed by atoms with Crippen LogP contribution in [0.2, 0.25) is 0 Å². The van der Waals surface area contributed by atoms with Gasteiger partial charge in [0.25, 0.3) is 0 Å². The van der Waals surface area contributed by atoms with Gasteiger partial charge < -0.3 is 14.7 Å². The molecule has 3 rings (SSSR count). The Morgan fingerprint density at radius 2 is 1.90 bits per heavy atom. The molecule has 3 fully saturated rings. The molecule has 1 unspecified atom stereocenters. The van der Waals surface area contributed by atoms with E-state index in [9.17, 15) is 5.11 Å². The monoisotopic (exact) mass is 299 g/mol. The largest absolute Gasteiger partial charge is 0.389 e. The van der Waals surface area contributed by atoms with Gasteiger partial charge >= 0.3 is 0 Å². The molecule has 0 aromatic carbocycles. The van der Waals surface area contributed by atoms with Crippen LogP contribution in [0.25, 0.3) is 0 Å². The molecule has 3 nitrogen and oxygen atoms in total. The maximum absolute atomic E-state index is 10.6. The third kappa shape index (κ3) is 3.34. The quantitative estimate of drug-likeness (QED) is 0.868. The molecule has 3 aliphatic rings. The fraction of sp³-hybridized carbons (Fsp3) is 1.00. The molecule has 4 heteroatoms. The maximum atomic E-state index is 10.6. The van der Waals surface area contributed by atoms with Crippen LogP contribution >= 0.6 is 11.8 Å². The highest BCUT2D eigenvalue weighted by Gasteiger charge is 2.41. The van der Waals surface area contributed by atoms with Crippen molar-refractivity contribution in [3.63, 3.8) is 0 Å². The molecule has 0 radical (unpaired) electrons. The summed E-state index contributed by atoms with van der Waals surface area (Å²) in [6.45, 7) is 1.75. The smallest absolute Gasteiger partial charge is 0.0774 e. The zero-order chi connectivity index (χ0) is 14.1. The molecule has 116 valence electrons. The van der Waals surface area contributed by atoms with Crippen LogP contribution in [0.5, 0.6) is 0 Å². The number of ether oxygens (including phenoxy) is 1. The average Bonchev–Trinajstić information content (AvgIpc) is 2.86. The van der Waals surface area contributed by atoms with Crippen molar-refractivity contribution >= 4 is 11.8 Å². The van der Waals surface area contributed by atoms with Gasteiger partial charge in [-0.25, -0.2) is 0 Å². The normalized spacial score (nSPS) is 32.9. The van der Waals surface area contributed by atoms with E-state index in [1.807, 2.05) is 0 Å². The summed E-state index contributed by atoms with van der Waals surface area (Å²) in [7, 11) is 2.21. The van der Waals surface area contributed by atoms with E-state index in [4.69, 9.17) is 4.74 Å². The molecule has 1 atom stereocenters. The lowest BCUT2D eigenvalue weighted by molar-refractivity contribution is -0.114. The minimum absolute atomic E-state index is 0.153. The van der Waals surface area contributed by atoms with Crippen molar-refractivity contribution in [1.29, 1.82) is 0 Å². The standard InChI is InChI=1S/C16H29NO2S/c1-17(13-15(18)5-2-3-6-15)14-4-9-19-16(12-14)7-10-20-11-8-16/h14,18H,2-13H2,1H3. The van der Waals surface area contributed by atoms with E-state index in [0.717, 1.165) is 32.4 Å². The SMILES string of the molecule is CN(CC1(O)CCCC1)C1CCOC2(CCSCC2)C1. The summed E-state index contributed by atoms with van der Waals surface area (Å²) in [5.74, 6) is 2.50. The molecule has 20 heavy (non-hydrogen) atoms. The lowest BCUT2D eigenvalue weighted by Crippen LogP contribution is -2.52. The second-order valence-electron chi connectivity index (χ2n) is 7.14. The number of nitrogens with zero attached hydrogens (tertiary/aromatic N) is 1. The van der Waals surface area contributed by atoms with Gasteiger partial charge in [0.2, 0.25) is 0 Å². The van der Waals surface area contributed by atoms with Gasteiger partial charge in [0.1, 0.15) is 0 Å². The fourth-order valence-electron chi connectivity index (χ4n) is 4.25. The maximum Gasteiger partial charge on any atom is 0.0774 e. The van der Waals surface area contributed by atoms with Crippen LogP contribution < -0.4 is 0 Å². The van der Waals surface area contributed by atoms with Crippen molar-refractivity contribution < 1.29 is 9.84 Å². The Morgan fingerprint density at radius 3 is 2.60 bits per heavy atom. The van der Waals surface area contributed by atoms with Crippen molar-refractivity contribution in [2.24, 2.45) is 0 Å². The number of hydrogen-bond acceptors (Lipinski definition) is 4. The highest BCUT2D eigenvalue weighted by molar-refractivity contribution is 7.99. The van der Waals surface area contributed by atoms with Gasteiger partial charge in [-0.1, -0.05) is 12.8 Å². The zero-order valence-corrected chi connectivity index (χ0v) is 13.6. The van der Waals surface area contributed by atoms with Crippen LogP contribution in [-0.2, 0) is 4.74 Å². The van der Waals surface area contributed by atoms with E-state index >= 15 is 0 Å². The molecule has 0 aromatic rings. The first kappa shape index (κ1) is 15.1. The second kappa shape index (κ2) is 6.15. The van der Waals surface area contributed by atoms with Gasteiger partial charge in [-0.2, -0.15) is 11.8 Å². The molecule has 0 amide bonds. The number of rotatable bonds is 3. The van der Waals surface area contributed by atoms with E-state index in [-0.39, 0.29) is 5.60 Å². The highest BCUT2D eigenvalue weighted by Crippen LogP contribution is 2.39. The molecular weight excluding hydrogens is 270 g/mol. The molecule has 0 aromatic heterocycles. The minimum atomic E-state index is -0.414. The van der Waals surface area contributed by atoms with E-state index in [2.05, 4.69) is 23.7 Å². The lowest BCUT2D eigenvalue weighted by atomic mass is 9.84. The second-order valence-corrected chi connectivity index (χ2v) is 8.36. The lowest BCUT2D eigenvalue weighted by Gasteiger charge is -2.46. The topological polar surface area (TPSA) is 32.7 Å². The Bertz CT molecular complexity index is 319.